The van der Waals surface area contributed by atoms with Crippen LogP contribution >= 0.6 is 0 Å². The summed E-state index contributed by atoms with van der Waals surface area (Å²) in [5.74, 6) is -0.745. The van der Waals surface area contributed by atoms with E-state index in [0.29, 0.717) is 6.42 Å². The number of carbonyl (C=O) groups is 1. The maximum atomic E-state index is 11.2. The van der Waals surface area contributed by atoms with Gasteiger partial charge in [0.25, 0.3) is 0 Å². The molecule has 0 bridgehead atoms. The molecule has 0 radical (unpaired) electrons. The van der Waals surface area contributed by atoms with Crippen molar-refractivity contribution in [3.8, 4) is 0 Å². The Kier molecular flexibility index (Phi) is 5.91. The summed E-state index contributed by atoms with van der Waals surface area (Å²) in [6.45, 7) is 3.79. The maximum absolute atomic E-state index is 11.2. The molecule has 3 heteroatoms. The van der Waals surface area contributed by atoms with Crippen LogP contribution in [-0.2, 0) is 10.2 Å². The minimum absolute atomic E-state index is 0. The summed E-state index contributed by atoms with van der Waals surface area (Å²) < 4.78 is 0. The Morgan fingerprint density at radius 1 is 1.40 bits per heavy atom. The second-order valence-electron chi connectivity index (χ2n) is 3.75. The van der Waals surface area contributed by atoms with Crippen LogP contribution in [0.4, 0.5) is 0 Å². The fourth-order valence-electron chi connectivity index (χ4n) is 1.68. The van der Waals surface area contributed by atoms with Crippen LogP contribution in [0.5, 0.6) is 0 Å². The summed E-state index contributed by atoms with van der Waals surface area (Å²) in [7, 11) is 0. The molecule has 0 aliphatic rings. The molecule has 1 aromatic carbocycles. The van der Waals surface area contributed by atoms with E-state index in [1.807, 2.05) is 37.3 Å². The number of carboxylic acid groups (broad SMARTS) is 1. The van der Waals surface area contributed by atoms with Crippen molar-refractivity contribution in [2.75, 3.05) is 0 Å². The average molecular weight is 219 g/mol. The van der Waals surface area contributed by atoms with E-state index >= 15 is 0 Å². The minimum Gasteiger partial charge on any atom is -1.00 e. The van der Waals surface area contributed by atoms with Crippen molar-refractivity contribution in [2.45, 2.75) is 32.1 Å². The van der Waals surface area contributed by atoms with Crippen LogP contribution in [0.2, 0.25) is 0 Å². The number of rotatable bonds is 4. The SMILES string of the molecule is CCCC(C)(C(=O)O)c1ccccc1.[H-].[H-].[Mg+2]. The molecule has 1 rings (SSSR count). The quantitative estimate of drug-likeness (QED) is 0.789. The normalized spacial score (nSPS) is 13.7. The van der Waals surface area contributed by atoms with Crippen LogP contribution in [0.25, 0.3) is 0 Å². The molecule has 0 aromatic heterocycles. The first-order valence-electron chi connectivity index (χ1n) is 4.90. The number of carboxylic acids is 1. The van der Waals surface area contributed by atoms with E-state index in [1.54, 1.807) is 6.92 Å². The second kappa shape index (κ2) is 6.13. The van der Waals surface area contributed by atoms with Gasteiger partial charge in [0, 0.05) is 0 Å². The van der Waals surface area contributed by atoms with Gasteiger partial charge in [-0.25, -0.2) is 0 Å². The van der Waals surface area contributed by atoms with Gasteiger partial charge in [0.05, 0.1) is 5.41 Å². The molecule has 0 saturated heterocycles. The van der Waals surface area contributed by atoms with Gasteiger partial charge in [-0.1, -0.05) is 43.7 Å². The van der Waals surface area contributed by atoms with E-state index in [0.717, 1.165) is 12.0 Å². The number of hydrogen-bond donors (Lipinski definition) is 1. The van der Waals surface area contributed by atoms with Crippen molar-refractivity contribution in [3.05, 3.63) is 35.9 Å². The van der Waals surface area contributed by atoms with E-state index in [9.17, 15) is 9.90 Å². The smallest absolute Gasteiger partial charge is 1.00 e. The third-order valence-electron chi connectivity index (χ3n) is 2.63. The largest absolute Gasteiger partial charge is 2.00 e. The van der Waals surface area contributed by atoms with E-state index in [1.165, 1.54) is 0 Å². The van der Waals surface area contributed by atoms with E-state index in [-0.39, 0.29) is 25.9 Å². The summed E-state index contributed by atoms with van der Waals surface area (Å²) in [6, 6.07) is 9.42. The van der Waals surface area contributed by atoms with Gasteiger partial charge < -0.3 is 7.96 Å². The van der Waals surface area contributed by atoms with Gasteiger partial charge in [0.1, 0.15) is 0 Å². The molecule has 0 heterocycles. The predicted octanol–water partition coefficient (Wildman–Crippen LogP) is 2.67. The molecule has 80 valence electrons. The summed E-state index contributed by atoms with van der Waals surface area (Å²) in [4.78, 5) is 11.2. The van der Waals surface area contributed by atoms with Crippen molar-refractivity contribution in [2.24, 2.45) is 0 Å². The Balaban J connectivity index is -0.000000653. The Hall–Kier alpha value is -0.544. The summed E-state index contributed by atoms with van der Waals surface area (Å²) in [6.07, 6.45) is 1.55. The molecular weight excluding hydrogens is 200 g/mol. The molecule has 0 saturated carbocycles. The molecule has 0 aliphatic carbocycles. The van der Waals surface area contributed by atoms with Crippen molar-refractivity contribution in [1.29, 1.82) is 0 Å². The molecule has 0 fully saturated rings. The molecule has 1 unspecified atom stereocenters. The summed E-state index contributed by atoms with van der Waals surface area (Å²) >= 11 is 0. The number of benzene rings is 1. The zero-order valence-corrected chi connectivity index (χ0v) is 10.8. The third kappa shape index (κ3) is 3.21. The van der Waals surface area contributed by atoms with Crippen molar-refractivity contribution in [3.63, 3.8) is 0 Å². The van der Waals surface area contributed by atoms with E-state index in [4.69, 9.17) is 0 Å². The zero-order valence-electron chi connectivity index (χ0n) is 11.4. The van der Waals surface area contributed by atoms with Gasteiger partial charge in [-0.2, -0.15) is 0 Å². The molecular formula is C12H18MgO2. The van der Waals surface area contributed by atoms with Crippen molar-refractivity contribution < 1.29 is 12.8 Å². The molecule has 0 amide bonds. The van der Waals surface area contributed by atoms with Gasteiger partial charge >= 0.3 is 29.0 Å². The first kappa shape index (κ1) is 14.5. The molecule has 1 aromatic rings. The van der Waals surface area contributed by atoms with Gasteiger partial charge in [0.2, 0.25) is 0 Å². The summed E-state index contributed by atoms with van der Waals surface area (Å²) in [5, 5.41) is 9.22. The fourth-order valence-corrected chi connectivity index (χ4v) is 1.68. The zero-order chi connectivity index (χ0) is 10.6. The average Bonchev–Trinajstić information content (AvgIpc) is 2.19. The monoisotopic (exact) mass is 218 g/mol. The summed E-state index contributed by atoms with van der Waals surface area (Å²) in [5.41, 5.74) is 0.144. The van der Waals surface area contributed by atoms with Gasteiger partial charge in [-0.05, 0) is 18.9 Å². The van der Waals surface area contributed by atoms with Crippen LogP contribution in [0.3, 0.4) is 0 Å². The molecule has 15 heavy (non-hydrogen) atoms. The number of aliphatic carboxylic acids is 1. The Morgan fingerprint density at radius 3 is 2.33 bits per heavy atom. The van der Waals surface area contributed by atoms with Gasteiger partial charge in [-0.15, -0.1) is 0 Å². The second-order valence-corrected chi connectivity index (χ2v) is 3.75. The number of hydrogen-bond acceptors (Lipinski definition) is 1. The van der Waals surface area contributed by atoms with Crippen LogP contribution < -0.4 is 0 Å². The first-order chi connectivity index (χ1) is 6.61. The Bertz CT molecular complexity index is 320. The Labute approximate surface area is 110 Å². The maximum Gasteiger partial charge on any atom is 2.00 e. The van der Waals surface area contributed by atoms with E-state index in [2.05, 4.69) is 0 Å². The van der Waals surface area contributed by atoms with Gasteiger partial charge in [-0.3, -0.25) is 4.79 Å². The Morgan fingerprint density at radius 2 is 1.93 bits per heavy atom. The molecule has 0 spiro atoms. The van der Waals surface area contributed by atoms with Crippen LogP contribution in [0.1, 0.15) is 35.1 Å². The van der Waals surface area contributed by atoms with Crippen LogP contribution in [-0.4, -0.2) is 34.1 Å². The van der Waals surface area contributed by atoms with Crippen LogP contribution in [0, 0.1) is 0 Å². The van der Waals surface area contributed by atoms with E-state index < -0.39 is 11.4 Å². The third-order valence-corrected chi connectivity index (χ3v) is 2.63. The minimum atomic E-state index is -0.745. The van der Waals surface area contributed by atoms with Crippen molar-refractivity contribution >= 4 is 29.0 Å². The standard InChI is InChI=1S/C12H16O2.Mg.2H/c1-3-9-12(2,11(13)14)10-7-5-4-6-8-10;;;/h4-8H,3,9H2,1-2H3,(H,13,14);;;/q;+2;2*-1. The predicted molar refractivity (Wildman–Crippen MR) is 64.3 cm³/mol. The molecule has 2 nitrogen and oxygen atoms in total. The topological polar surface area (TPSA) is 37.3 Å². The molecule has 0 aliphatic heterocycles. The first-order valence-corrected chi connectivity index (χ1v) is 4.90. The van der Waals surface area contributed by atoms with Gasteiger partial charge in [0.15, 0.2) is 0 Å². The van der Waals surface area contributed by atoms with Crippen molar-refractivity contribution in [1.82, 2.24) is 0 Å². The fraction of sp³-hybridized carbons (Fsp3) is 0.417. The molecule has 1 atom stereocenters. The van der Waals surface area contributed by atoms with Crippen LogP contribution in [0.15, 0.2) is 30.3 Å². The molecule has 1 N–H and O–H groups in total.